The summed E-state index contributed by atoms with van der Waals surface area (Å²) in [6, 6.07) is 16.0. The molecule has 0 saturated carbocycles. The second-order valence-electron chi connectivity index (χ2n) is 4.54. The molecule has 0 unspecified atom stereocenters. The van der Waals surface area contributed by atoms with Crippen LogP contribution in [-0.4, -0.2) is 13.7 Å². The first kappa shape index (κ1) is 14.3. The Morgan fingerprint density at radius 1 is 1.05 bits per heavy atom. The van der Waals surface area contributed by atoms with E-state index in [1.54, 1.807) is 7.11 Å². The molecule has 0 bridgehead atoms. The van der Waals surface area contributed by atoms with Crippen LogP contribution in [0.3, 0.4) is 0 Å². The average Bonchev–Trinajstić information content (AvgIpc) is 2.51. The molecule has 2 aromatic carbocycles. The Morgan fingerprint density at radius 3 is 2.70 bits per heavy atom. The highest BCUT2D eigenvalue weighted by Gasteiger charge is 2.02. The Morgan fingerprint density at radius 2 is 1.90 bits per heavy atom. The van der Waals surface area contributed by atoms with Crippen LogP contribution < -0.4 is 14.8 Å². The fraction of sp³-hybridized carbons (Fsp3) is 0.294. The largest absolute Gasteiger partial charge is 0.496 e. The summed E-state index contributed by atoms with van der Waals surface area (Å²) < 4.78 is 11.0. The zero-order valence-electron chi connectivity index (χ0n) is 12.1. The van der Waals surface area contributed by atoms with Crippen LogP contribution in [0.2, 0.25) is 0 Å². The van der Waals surface area contributed by atoms with Gasteiger partial charge in [0, 0.05) is 23.9 Å². The number of anilines is 1. The fourth-order valence-electron chi connectivity index (χ4n) is 1.96. The van der Waals surface area contributed by atoms with Crippen LogP contribution in [0, 0.1) is 0 Å². The maximum absolute atomic E-state index is 5.63. The fourth-order valence-corrected chi connectivity index (χ4v) is 1.96. The number of nitrogens with one attached hydrogen (secondary N) is 1. The molecule has 0 spiro atoms. The molecule has 106 valence electrons. The van der Waals surface area contributed by atoms with Crippen molar-refractivity contribution in [1.29, 1.82) is 0 Å². The Kier molecular flexibility index (Phi) is 5.30. The van der Waals surface area contributed by atoms with Gasteiger partial charge < -0.3 is 14.8 Å². The molecule has 0 aromatic heterocycles. The second kappa shape index (κ2) is 7.43. The van der Waals surface area contributed by atoms with Crippen LogP contribution in [0.15, 0.2) is 48.5 Å². The first-order valence-corrected chi connectivity index (χ1v) is 6.92. The van der Waals surface area contributed by atoms with Gasteiger partial charge in [-0.25, -0.2) is 0 Å². The number of ether oxygens (including phenoxy) is 2. The minimum absolute atomic E-state index is 0.723. The van der Waals surface area contributed by atoms with Gasteiger partial charge in [-0.1, -0.05) is 31.2 Å². The zero-order valence-corrected chi connectivity index (χ0v) is 12.1. The third-order valence-corrected chi connectivity index (χ3v) is 2.98. The zero-order chi connectivity index (χ0) is 14.2. The molecule has 0 fully saturated rings. The quantitative estimate of drug-likeness (QED) is 0.822. The van der Waals surface area contributed by atoms with E-state index in [1.807, 2.05) is 42.5 Å². The van der Waals surface area contributed by atoms with Crippen LogP contribution >= 0.6 is 0 Å². The lowest BCUT2D eigenvalue weighted by molar-refractivity contribution is 0.317. The molecule has 0 aliphatic carbocycles. The monoisotopic (exact) mass is 271 g/mol. The van der Waals surface area contributed by atoms with Gasteiger partial charge in [-0.2, -0.15) is 0 Å². The van der Waals surface area contributed by atoms with Gasteiger partial charge in [-0.15, -0.1) is 0 Å². The number of rotatable bonds is 7. The van der Waals surface area contributed by atoms with Crippen molar-refractivity contribution in [3.63, 3.8) is 0 Å². The van der Waals surface area contributed by atoms with Crippen LogP contribution in [0.4, 0.5) is 5.69 Å². The van der Waals surface area contributed by atoms with Gasteiger partial charge in [0.2, 0.25) is 0 Å². The summed E-state index contributed by atoms with van der Waals surface area (Å²) in [6.45, 7) is 3.57. The molecule has 0 atom stereocenters. The Hall–Kier alpha value is -2.16. The Balaban J connectivity index is 1.99. The van der Waals surface area contributed by atoms with E-state index in [-0.39, 0.29) is 0 Å². The van der Waals surface area contributed by atoms with E-state index >= 15 is 0 Å². The van der Waals surface area contributed by atoms with Crippen molar-refractivity contribution < 1.29 is 9.47 Å². The summed E-state index contributed by atoms with van der Waals surface area (Å²) >= 11 is 0. The molecule has 0 aliphatic heterocycles. The lowest BCUT2D eigenvalue weighted by atomic mass is 10.2. The molecule has 2 aromatic rings. The molecule has 0 heterocycles. The number of methoxy groups -OCH3 is 1. The molecule has 3 nitrogen and oxygen atoms in total. The summed E-state index contributed by atoms with van der Waals surface area (Å²) in [4.78, 5) is 0. The molecule has 0 saturated heterocycles. The summed E-state index contributed by atoms with van der Waals surface area (Å²) in [5.74, 6) is 1.80. The first-order chi connectivity index (χ1) is 9.83. The van der Waals surface area contributed by atoms with Crippen molar-refractivity contribution in [2.45, 2.75) is 19.9 Å². The maximum Gasteiger partial charge on any atom is 0.123 e. The van der Waals surface area contributed by atoms with Gasteiger partial charge in [0.1, 0.15) is 11.5 Å². The van der Waals surface area contributed by atoms with Crippen LogP contribution in [-0.2, 0) is 6.54 Å². The molecule has 20 heavy (non-hydrogen) atoms. The van der Waals surface area contributed by atoms with Crippen molar-refractivity contribution in [2.24, 2.45) is 0 Å². The van der Waals surface area contributed by atoms with Crippen LogP contribution in [0.5, 0.6) is 11.5 Å². The van der Waals surface area contributed by atoms with Gasteiger partial charge in [-0.05, 0) is 24.6 Å². The van der Waals surface area contributed by atoms with Crippen LogP contribution in [0.1, 0.15) is 18.9 Å². The predicted molar refractivity (Wildman–Crippen MR) is 82.5 cm³/mol. The average molecular weight is 271 g/mol. The maximum atomic E-state index is 5.63. The van der Waals surface area contributed by atoms with Crippen molar-refractivity contribution in [3.8, 4) is 11.5 Å². The second-order valence-corrected chi connectivity index (χ2v) is 4.54. The van der Waals surface area contributed by atoms with E-state index in [9.17, 15) is 0 Å². The summed E-state index contributed by atoms with van der Waals surface area (Å²) in [5.41, 5.74) is 2.18. The lowest BCUT2D eigenvalue weighted by Gasteiger charge is -2.11. The highest BCUT2D eigenvalue weighted by Crippen LogP contribution is 2.21. The van der Waals surface area contributed by atoms with E-state index in [0.29, 0.717) is 0 Å². The normalized spacial score (nSPS) is 10.1. The third-order valence-electron chi connectivity index (χ3n) is 2.98. The molecule has 1 N–H and O–H groups in total. The molecule has 0 radical (unpaired) electrons. The van der Waals surface area contributed by atoms with E-state index in [0.717, 1.165) is 42.3 Å². The SMILES string of the molecule is CCCOc1cccc(NCc2ccccc2OC)c1. The number of benzene rings is 2. The van der Waals surface area contributed by atoms with Gasteiger partial charge in [0.05, 0.1) is 13.7 Å². The smallest absolute Gasteiger partial charge is 0.123 e. The number of hydrogen-bond donors (Lipinski definition) is 1. The van der Waals surface area contributed by atoms with Crippen molar-refractivity contribution in [2.75, 3.05) is 19.0 Å². The van der Waals surface area contributed by atoms with E-state index in [1.165, 1.54) is 0 Å². The highest BCUT2D eigenvalue weighted by atomic mass is 16.5. The standard InChI is InChI=1S/C17H21NO2/c1-3-11-20-16-9-6-8-15(12-16)18-13-14-7-4-5-10-17(14)19-2/h4-10,12,18H,3,11,13H2,1-2H3. The van der Waals surface area contributed by atoms with Crippen molar-refractivity contribution in [1.82, 2.24) is 0 Å². The predicted octanol–water partition coefficient (Wildman–Crippen LogP) is 4.10. The molecule has 2 rings (SSSR count). The Bertz CT molecular complexity index is 540. The first-order valence-electron chi connectivity index (χ1n) is 6.92. The van der Waals surface area contributed by atoms with Gasteiger partial charge in [0.25, 0.3) is 0 Å². The van der Waals surface area contributed by atoms with E-state index in [4.69, 9.17) is 9.47 Å². The molecule has 0 amide bonds. The molecule has 0 aliphatic rings. The lowest BCUT2D eigenvalue weighted by Crippen LogP contribution is -2.02. The minimum atomic E-state index is 0.723. The highest BCUT2D eigenvalue weighted by molar-refractivity contribution is 5.49. The van der Waals surface area contributed by atoms with Crippen molar-refractivity contribution >= 4 is 5.69 Å². The summed E-state index contributed by atoms with van der Waals surface area (Å²) in [6.07, 6.45) is 1.01. The van der Waals surface area contributed by atoms with E-state index in [2.05, 4.69) is 18.3 Å². The summed E-state index contributed by atoms with van der Waals surface area (Å²) in [7, 11) is 1.69. The Labute approximate surface area is 120 Å². The minimum Gasteiger partial charge on any atom is -0.496 e. The van der Waals surface area contributed by atoms with E-state index < -0.39 is 0 Å². The van der Waals surface area contributed by atoms with Gasteiger partial charge in [-0.3, -0.25) is 0 Å². The van der Waals surface area contributed by atoms with Crippen LogP contribution in [0.25, 0.3) is 0 Å². The topological polar surface area (TPSA) is 30.5 Å². The third kappa shape index (κ3) is 3.92. The number of para-hydroxylation sites is 1. The molecular weight excluding hydrogens is 250 g/mol. The van der Waals surface area contributed by atoms with Crippen molar-refractivity contribution in [3.05, 3.63) is 54.1 Å². The molecular formula is C17H21NO2. The van der Waals surface area contributed by atoms with Gasteiger partial charge >= 0.3 is 0 Å². The number of hydrogen-bond acceptors (Lipinski definition) is 3. The summed E-state index contributed by atoms with van der Waals surface area (Å²) in [5, 5.41) is 3.39. The molecule has 3 heteroatoms. The van der Waals surface area contributed by atoms with Gasteiger partial charge in [0.15, 0.2) is 0 Å².